The molecule has 1 aromatic heterocycles. The fourth-order valence-electron chi connectivity index (χ4n) is 1.38. The summed E-state index contributed by atoms with van der Waals surface area (Å²) in [6.07, 6.45) is 1.43. The third-order valence-electron chi connectivity index (χ3n) is 2.47. The number of nitrogens with one attached hydrogen (secondary N) is 1. The molecule has 1 amide bonds. The van der Waals surface area contributed by atoms with E-state index in [1.54, 1.807) is 4.90 Å². The Bertz CT molecular complexity index is 333. The molecular formula is C10H19N5O. The molecule has 0 fully saturated rings. The monoisotopic (exact) mass is 225 g/mol. The second-order valence-electron chi connectivity index (χ2n) is 4.54. The van der Waals surface area contributed by atoms with Crippen LogP contribution in [0, 0.1) is 5.41 Å². The second-order valence-corrected chi connectivity index (χ2v) is 4.54. The zero-order chi connectivity index (χ0) is 12.2. The van der Waals surface area contributed by atoms with E-state index in [9.17, 15) is 4.79 Å². The van der Waals surface area contributed by atoms with E-state index in [2.05, 4.69) is 15.4 Å². The lowest BCUT2D eigenvalue weighted by atomic mass is 9.93. The zero-order valence-electron chi connectivity index (χ0n) is 10.0. The highest BCUT2D eigenvalue weighted by Crippen LogP contribution is 2.15. The Kier molecular flexibility index (Phi) is 4.00. The number of carbonyl (C=O) groups is 1. The van der Waals surface area contributed by atoms with E-state index in [0.717, 1.165) is 0 Å². The molecule has 1 rings (SSSR count). The third-order valence-corrected chi connectivity index (χ3v) is 2.47. The van der Waals surface area contributed by atoms with E-state index in [1.807, 2.05) is 20.8 Å². The van der Waals surface area contributed by atoms with E-state index < -0.39 is 0 Å². The van der Waals surface area contributed by atoms with Crippen molar-refractivity contribution in [3.8, 4) is 0 Å². The number of nitrogens with zero attached hydrogens (tertiary/aromatic N) is 3. The van der Waals surface area contributed by atoms with E-state index in [0.29, 0.717) is 25.3 Å². The van der Waals surface area contributed by atoms with Crippen LogP contribution in [0.15, 0.2) is 6.20 Å². The van der Waals surface area contributed by atoms with Crippen molar-refractivity contribution in [3.05, 3.63) is 11.9 Å². The minimum atomic E-state index is -0.113. The molecule has 0 atom stereocenters. The number of hydrogen-bond donors (Lipinski definition) is 2. The van der Waals surface area contributed by atoms with Crippen LogP contribution in [0.25, 0.3) is 0 Å². The van der Waals surface area contributed by atoms with Crippen molar-refractivity contribution in [2.24, 2.45) is 11.1 Å². The predicted octanol–water partition coefficient (Wildman–Crippen LogP) is 0.252. The van der Waals surface area contributed by atoms with Crippen LogP contribution in [-0.2, 0) is 0 Å². The number of carbonyl (C=O) groups excluding carboxylic acids is 1. The molecule has 3 N–H and O–H groups in total. The molecule has 1 heterocycles. The topological polar surface area (TPSA) is 87.9 Å². The predicted molar refractivity (Wildman–Crippen MR) is 60.8 cm³/mol. The van der Waals surface area contributed by atoms with Gasteiger partial charge >= 0.3 is 0 Å². The fourth-order valence-corrected chi connectivity index (χ4v) is 1.38. The van der Waals surface area contributed by atoms with Gasteiger partial charge in [0.15, 0.2) is 5.69 Å². The SMILES string of the molecule is CCN(CC(C)(C)CN)C(=O)c1cn[nH]n1. The van der Waals surface area contributed by atoms with Gasteiger partial charge in [-0.15, -0.1) is 0 Å². The van der Waals surface area contributed by atoms with Gasteiger partial charge in [-0.3, -0.25) is 4.79 Å². The van der Waals surface area contributed by atoms with Gasteiger partial charge in [0.2, 0.25) is 0 Å². The summed E-state index contributed by atoms with van der Waals surface area (Å²) >= 11 is 0. The zero-order valence-corrected chi connectivity index (χ0v) is 10.0. The van der Waals surface area contributed by atoms with Crippen molar-refractivity contribution in [1.29, 1.82) is 0 Å². The number of hydrogen-bond acceptors (Lipinski definition) is 4. The molecule has 90 valence electrons. The molecule has 0 aromatic carbocycles. The average molecular weight is 225 g/mol. The lowest BCUT2D eigenvalue weighted by molar-refractivity contribution is 0.0695. The van der Waals surface area contributed by atoms with Gasteiger partial charge in [0.05, 0.1) is 6.20 Å². The highest BCUT2D eigenvalue weighted by Gasteiger charge is 2.24. The van der Waals surface area contributed by atoms with Gasteiger partial charge in [0, 0.05) is 13.1 Å². The quantitative estimate of drug-likeness (QED) is 0.752. The molecule has 0 spiro atoms. The lowest BCUT2D eigenvalue weighted by Gasteiger charge is -2.30. The standard InChI is InChI=1S/C10H19N5O/c1-4-15(7-10(2,3)6-11)9(16)8-5-12-14-13-8/h5H,4,6-7,11H2,1-3H3,(H,12,13,14). The highest BCUT2D eigenvalue weighted by molar-refractivity contribution is 5.91. The molecule has 0 aliphatic rings. The number of H-pyrrole nitrogens is 1. The maximum Gasteiger partial charge on any atom is 0.276 e. The Hall–Kier alpha value is -1.43. The molecular weight excluding hydrogens is 206 g/mol. The van der Waals surface area contributed by atoms with E-state index in [-0.39, 0.29) is 11.3 Å². The molecule has 0 bridgehead atoms. The minimum absolute atomic E-state index is 0.0879. The fraction of sp³-hybridized carbons (Fsp3) is 0.700. The van der Waals surface area contributed by atoms with Crippen molar-refractivity contribution >= 4 is 5.91 Å². The first kappa shape index (κ1) is 12.6. The lowest BCUT2D eigenvalue weighted by Crippen LogP contribution is -2.42. The molecule has 6 nitrogen and oxygen atoms in total. The largest absolute Gasteiger partial charge is 0.337 e. The molecule has 6 heteroatoms. The molecule has 0 saturated carbocycles. The molecule has 0 aliphatic heterocycles. The van der Waals surface area contributed by atoms with Gasteiger partial charge in [-0.2, -0.15) is 15.4 Å². The van der Waals surface area contributed by atoms with Crippen LogP contribution in [0.1, 0.15) is 31.3 Å². The van der Waals surface area contributed by atoms with Crippen LogP contribution < -0.4 is 5.73 Å². The van der Waals surface area contributed by atoms with Crippen molar-refractivity contribution in [3.63, 3.8) is 0 Å². The van der Waals surface area contributed by atoms with E-state index in [1.165, 1.54) is 6.20 Å². The number of amides is 1. The van der Waals surface area contributed by atoms with Crippen molar-refractivity contribution in [1.82, 2.24) is 20.3 Å². The molecule has 0 unspecified atom stereocenters. The van der Waals surface area contributed by atoms with Gasteiger partial charge in [-0.05, 0) is 18.9 Å². The van der Waals surface area contributed by atoms with Crippen molar-refractivity contribution < 1.29 is 4.79 Å². The van der Waals surface area contributed by atoms with Crippen molar-refractivity contribution in [2.45, 2.75) is 20.8 Å². The number of aromatic amines is 1. The van der Waals surface area contributed by atoms with Gasteiger partial charge < -0.3 is 10.6 Å². The minimum Gasteiger partial charge on any atom is -0.337 e. The van der Waals surface area contributed by atoms with Crippen LogP contribution in [0.5, 0.6) is 0 Å². The summed E-state index contributed by atoms with van der Waals surface area (Å²) in [5, 5.41) is 9.84. The van der Waals surface area contributed by atoms with Crippen LogP contribution in [-0.4, -0.2) is 45.9 Å². The Balaban J connectivity index is 2.72. The summed E-state index contributed by atoms with van der Waals surface area (Å²) in [6.45, 7) is 7.79. The maximum absolute atomic E-state index is 12.0. The molecule has 1 aromatic rings. The first-order valence-corrected chi connectivity index (χ1v) is 5.35. The summed E-state index contributed by atoms with van der Waals surface area (Å²) in [4.78, 5) is 13.7. The first-order valence-electron chi connectivity index (χ1n) is 5.35. The smallest absolute Gasteiger partial charge is 0.276 e. The molecule has 0 aliphatic carbocycles. The summed E-state index contributed by atoms with van der Waals surface area (Å²) in [5.74, 6) is -0.113. The highest BCUT2D eigenvalue weighted by atomic mass is 16.2. The first-order chi connectivity index (χ1) is 7.50. The van der Waals surface area contributed by atoms with Crippen LogP contribution >= 0.6 is 0 Å². The van der Waals surface area contributed by atoms with Crippen molar-refractivity contribution in [2.75, 3.05) is 19.6 Å². The number of aromatic nitrogens is 3. The van der Waals surface area contributed by atoms with E-state index in [4.69, 9.17) is 5.73 Å². The summed E-state index contributed by atoms with van der Waals surface area (Å²) in [7, 11) is 0. The van der Waals surface area contributed by atoms with Gasteiger partial charge in [0.1, 0.15) is 0 Å². The van der Waals surface area contributed by atoms with Crippen LogP contribution in [0.3, 0.4) is 0 Å². The van der Waals surface area contributed by atoms with Crippen LogP contribution in [0.2, 0.25) is 0 Å². The number of nitrogens with two attached hydrogens (primary N) is 1. The normalized spacial score (nSPS) is 11.5. The molecule has 0 radical (unpaired) electrons. The Morgan fingerprint density at radius 1 is 1.62 bits per heavy atom. The summed E-state index contributed by atoms with van der Waals surface area (Å²) in [6, 6.07) is 0. The summed E-state index contributed by atoms with van der Waals surface area (Å²) < 4.78 is 0. The Labute approximate surface area is 95.2 Å². The molecule has 0 saturated heterocycles. The molecule has 16 heavy (non-hydrogen) atoms. The summed E-state index contributed by atoms with van der Waals surface area (Å²) in [5.41, 5.74) is 5.91. The number of rotatable bonds is 5. The Morgan fingerprint density at radius 3 is 2.75 bits per heavy atom. The van der Waals surface area contributed by atoms with Gasteiger partial charge in [-0.25, -0.2) is 0 Å². The maximum atomic E-state index is 12.0. The van der Waals surface area contributed by atoms with Gasteiger partial charge in [-0.1, -0.05) is 13.8 Å². The van der Waals surface area contributed by atoms with Gasteiger partial charge in [0.25, 0.3) is 5.91 Å². The third kappa shape index (κ3) is 3.03. The second kappa shape index (κ2) is 5.07. The van der Waals surface area contributed by atoms with Crippen LogP contribution in [0.4, 0.5) is 0 Å². The average Bonchev–Trinajstić information content (AvgIpc) is 2.78. The van der Waals surface area contributed by atoms with E-state index >= 15 is 0 Å². The Morgan fingerprint density at radius 2 is 2.31 bits per heavy atom.